The van der Waals surface area contributed by atoms with Gasteiger partial charge in [0.05, 0.1) is 16.6 Å². The zero-order valence-corrected chi connectivity index (χ0v) is 16.6. The largest absolute Gasteiger partial charge is 0.486 e. The SMILES string of the molecule is CCn1c(=NC(=O)Cc2ccc(C)cc2C)sc2cc3c(cc21)OCCO3. The number of hydrogen-bond donors (Lipinski definition) is 0. The number of hydrogen-bond acceptors (Lipinski definition) is 4. The summed E-state index contributed by atoms with van der Waals surface area (Å²) in [5.41, 5.74) is 4.36. The minimum absolute atomic E-state index is 0.132. The molecule has 0 N–H and O–H groups in total. The summed E-state index contributed by atoms with van der Waals surface area (Å²) in [6.07, 6.45) is 0.312. The zero-order valence-electron chi connectivity index (χ0n) is 15.7. The summed E-state index contributed by atoms with van der Waals surface area (Å²) < 4.78 is 14.5. The monoisotopic (exact) mass is 382 g/mol. The molecule has 140 valence electrons. The summed E-state index contributed by atoms with van der Waals surface area (Å²) in [6.45, 7) is 7.98. The second-order valence-corrected chi connectivity index (χ2v) is 7.71. The van der Waals surface area contributed by atoms with Crippen molar-refractivity contribution in [2.45, 2.75) is 33.7 Å². The van der Waals surface area contributed by atoms with Gasteiger partial charge >= 0.3 is 0 Å². The van der Waals surface area contributed by atoms with Crippen LogP contribution >= 0.6 is 11.3 Å². The third-order valence-electron chi connectivity index (χ3n) is 4.72. The van der Waals surface area contributed by atoms with Crippen LogP contribution in [-0.4, -0.2) is 23.7 Å². The molecule has 0 spiro atoms. The summed E-state index contributed by atoms with van der Waals surface area (Å²) >= 11 is 1.51. The van der Waals surface area contributed by atoms with Gasteiger partial charge < -0.3 is 14.0 Å². The van der Waals surface area contributed by atoms with Gasteiger partial charge in [0.1, 0.15) is 13.2 Å². The van der Waals surface area contributed by atoms with Crippen LogP contribution < -0.4 is 14.3 Å². The van der Waals surface area contributed by atoms with Crippen LogP contribution in [-0.2, 0) is 17.8 Å². The van der Waals surface area contributed by atoms with Crippen LogP contribution in [0.25, 0.3) is 10.2 Å². The number of aromatic nitrogens is 1. The lowest BCUT2D eigenvalue weighted by Crippen LogP contribution is -2.17. The first-order chi connectivity index (χ1) is 13.0. The number of carbonyl (C=O) groups excluding carboxylic acids is 1. The van der Waals surface area contributed by atoms with Crippen LogP contribution in [0.3, 0.4) is 0 Å². The summed E-state index contributed by atoms with van der Waals surface area (Å²) in [6, 6.07) is 10.1. The van der Waals surface area contributed by atoms with Gasteiger partial charge in [-0.3, -0.25) is 4.79 Å². The Morgan fingerprint density at radius 2 is 1.89 bits per heavy atom. The number of nitrogens with zero attached hydrogens (tertiary/aromatic N) is 2. The number of aryl methyl sites for hydroxylation is 3. The summed E-state index contributed by atoms with van der Waals surface area (Å²) in [5.74, 6) is 1.38. The van der Waals surface area contributed by atoms with Crippen LogP contribution in [0.15, 0.2) is 35.3 Å². The Balaban J connectivity index is 1.72. The summed E-state index contributed by atoms with van der Waals surface area (Å²) in [5, 5.41) is 0. The van der Waals surface area contributed by atoms with Gasteiger partial charge in [-0.1, -0.05) is 35.1 Å². The van der Waals surface area contributed by atoms with E-state index in [0.29, 0.717) is 24.4 Å². The second kappa shape index (κ2) is 7.19. The third kappa shape index (κ3) is 3.49. The standard InChI is InChI=1S/C21H22N2O3S/c1-4-23-16-11-17-18(26-8-7-25-17)12-19(16)27-21(23)22-20(24)10-15-6-5-13(2)9-14(15)3/h5-6,9,11-12H,4,7-8,10H2,1-3H3. The van der Waals surface area contributed by atoms with Gasteiger partial charge in [0, 0.05) is 18.7 Å². The van der Waals surface area contributed by atoms with Crippen molar-refractivity contribution >= 4 is 27.5 Å². The molecular formula is C21H22N2O3S. The van der Waals surface area contributed by atoms with Crippen molar-refractivity contribution in [1.29, 1.82) is 0 Å². The Labute approximate surface area is 161 Å². The topological polar surface area (TPSA) is 52.8 Å². The van der Waals surface area contributed by atoms with Crippen molar-refractivity contribution in [2.75, 3.05) is 13.2 Å². The Hall–Kier alpha value is -2.60. The molecule has 4 rings (SSSR count). The van der Waals surface area contributed by atoms with Gasteiger partial charge in [0.25, 0.3) is 5.91 Å². The minimum Gasteiger partial charge on any atom is -0.486 e. The lowest BCUT2D eigenvalue weighted by atomic mass is 10.0. The van der Waals surface area contributed by atoms with Gasteiger partial charge in [-0.05, 0) is 31.9 Å². The quantitative estimate of drug-likeness (QED) is 0.693. The van der Waals surface area contributed by atoms with Crippen molar-refractivity contribution in [3.8, 4) is 11.5 Å². The molecule has 0 unspecified atom stereocenters. The van der Waals surface area contributed by atoms with E-state index in [1.165, 1.54) is 16.9 Å². The van der Waals surface area contributed by atoms with Crippen molar-refractivity contribution in [2.24, 2.45) is 4.99 Å². The Kier molecular flexibility index (Phi) is 4.74. The van der Waals surface area contributed by atoms with E-state index in [4.69, 9.17) is 9.47 Å². The lowest BCUT2D eigenvalue weighted by Gasteiger charge is -2.18. The minimum atomic E-state index is -0.132. The first-order valence-electron chi connectivity index (χ1n) is 9.12. The maximum atomic E-state index is 12.6. The highest BCUT2D eigenvalue weighted by molar-refractivity contribution is 7.16. The van der Waals surface area contributed by atoms with E-state index < -0.39 is 0 Å². The van der Waals surface area contributed by atoms with Crippen molar-refractivity contribution in [3.05, 3.63) is 51.8 Å². The highest BCUT2D eigenvalue weighted by Crippen LogP contribution is 2.35. The molecule has 3 aromatic rings. The Morgan fingerprint density at radius 1 is 1.15 bits per heavy atom. The molecule has 2 heterocycles. The molecule has 1 aliphatic rings. The molecule has 6 heteroatoms. The van der Waals surface area contributed by atoms with E-state index in [2.05, 4.69) is 29.5 Å². The molecule has 0 aliphatic carbocycles. The molecule has 0 fully saturated rings. The first-order valence-corrected chi connectivity index (χ1v) is 9.93. The van der Waals surface area contributed by atoms with E-state index >= 15 is 0 Å². The predicted octanol–water partition coefficient (Wildman–Crippen LogP) is 3.78. The van der Waals surface area contributed by atoms with E-state index in [1.807, 2.05) is 31.2 Å². The van der Waals surface area contributed by atoms with Crippen LogP contribution in [0.2, 0.25) is 0 Å². The number of benzene rings is 2. The molecule has 0 radical (unpaired) electrons. The second-order valence-electron chi connectivity index (χ2n) is 6.70. The molecule has 0 saturated carbocycles. The molecule has 2 aromatic carbocycles. The zero-order chi connectivity index (χ0) is 19.0. The highest BCUT2D eigenvalue weighted by Gasteiger charge is 2.16. The molecular weight excluding hydrogens is 360 g/mol. The van der Waals surface area contributed by atoms with Gasteiger partial charge in [-0.2, -0.15) is 4.99 Å². The predicted molar refractivity (Wildman–Crippen MR) is 107 cm³/mol. The molecule has 0 atom stereocenters. The number of ether oxygens (including phenoxy) is 2. The number of amides is 1. The fourth-order valence-electron chi connectivity index (χ4n) is 3.35. The molecule has 0 bridgehead atoms. The first kappa shape index (κ1) is 17.8. The lowest BCUT2D eigenvalue weighted by molar-refractivity contribution is -0.117. The van der Waals surface area contributed by atoms with E-state index in [-0.39, 0.29) is 5.91 Å². The molecule has 1 aliphatic heterocycles. The van der Waals surface area contributed by atoms with Crippen molar-refractivity contribution in [1.82, 2.24) is 4.57 Å². The van der Waals surface area contributed by atoms with Crippen LogP contribution in [0, 0.1) is 13.8 Å². The van der Waals surface area contributed by atoms with E-state index in [1.54, 1.807) is 0 Å². The van der Waals surface area contributed by atoms with Crippen molar-refractivity contribution in [3.63, 3.8) is 0 Å². The van der Waals surface area contributed by atoms with E-state index in [9.17, 15) is 4.79 Å². The van der Waals surface area contributed by atoms with Gasteiger partial charge in [0.2, 0.25) is 0 Å². The fraction of sp³-hybridized carbons (Fsp3) is 0.333. The Bertz CT molecular complexity index is 1090. The van der Waals surface area contributed by atoms with Gasteiger partial charge in [-0.25, -0.2) is 0 Å². The summed E-state index contributed by atoms with van der Waals surface area (Å²) in [7, 11) is 0. The maximum absolute atomic E-state index is 12.6. The smallest absolute Gasteiger partial charge is 0.252 e. The average Bonchev–Trinajstić information content (AvgIpc) is 2.97. The van der Waals surface area contributed by atoms with Crippen LogP contribution in [0.1, 0.15) is 23.6 Å². The molecule has 5 nitrogen and oxygen atoms in total. The summed E-state index contributed by atoms with van der Waals surface area (Å²) in [4.78, 5) is 17.7. The average molecular weight is 382 g/mol. The molecule has 27 heavy (non-hydrogen) atoms. The number of rotatable bonds is 3. The number of fused-ring (bicyclic) bond motifs is 2. The third-order valence-corrected chi connectivity index (χ3v) is 5.76. The van der Waals surface area contributed by atoms with E-state index in [0.717, 1.165) is 39.4 Å². The van der Waals surface area contributed by atoms with Crippen molar-refractivity contribution < 1.29 is 14.3 Å². The number of thiazole rings is 1. The number of carbonyl (C=O) groups is 1. The van der Waals surface area contributed by atoms with Gasteiger partial charge in [0.15, 0.2) is 16.3 Å². The van der Waals surface area contributed by atoms with Crippen LogP contribution in [0.4, 0.5) is 0 Å². The highest BCUT2D eigenvalue weighted by atomic mass is 32.1. The molecule has 0 saturated heterocycles. The fourth-order valence-corrected chi connectivity index (χ4v) is 4.47. The normalized spacial score (nSPS) is 14.0. The Morgan fingerprint density at radius 3 is 2.59 bits per heavy atom. The van der Waals surface area contributed by atoms with Gasteiger partial charge in [-0.15, -0.1) is 0 Å². The molecule has 1 aromatic heterocycles. The maximum Gasteiger partial charge on any atom is 0.252 e. The van der Waals surface area contributed by atoms with Crippen LogP contribution in [0.5, 0.6) is 11.5 Å². The molecule has 1 amide bonds.